The number of hydrogen-bond acceptors (Lipinski definition) is 3. The molecular formula is C17H17ClN2O. The molecule has 0 aliphatic rings. The molecule has 2 aromatic carbocycles. The third kappa shape index (κ3) is 3.55. The van der Waals surface area contributed by atoms with Crippen LogP contribution in [0.2, 0.25) is 5.02 Å². The van der Waals surface area contributed by atoms with Crippen LogP contribution in [0.4, 0.5) is 5.69 Å². The van der Waals surface area contributed by atoms with Crippen molar-refractivity contribution in [2.75, 3.05) is 11.9 Å². The van der Waals surface area contributed by atoms with Crippen LogP contribution >= 0.6 is 11.6 Å². The molecule has 1 atom stereocenters. The molecule has 2 rings (SSSR count). The van der Waals surface area contributed by atoms with Crippen molar-refractivity contribution in [2.24, 2.45) is 0 Å². The summed E-state index contributed by atoms with van der Waals surface area (Å²) in [5.74, 6) is 0. The lowest BCUT2D eigenvalue weighted by molar-refractivity contribution is 0.199. The van der Waals surface area contributed by atoms with Crippen molar-refractivity contribution in [2.45, 2.75) is 19.6 Å². The summed E-state index contributed by atoms with van der Waals surface area (Å²) in [6.45, 7) is 2.32. The van der Waals surface area contributed by atoms with Gasteiger partial charge in [-0.25, -0.2) is 0 Å². The van der Waals surface area contributed by atoms with Crippen molar-refractivity contribution in [1.82, 2.24) is 0 Å². The molecule has 2 aromatic rings. The van der Waals surface area contributed by atoms with Crippen LogP contribution in [-0.4, -0.2) is 12.2 Å². The molecule has 0 fully saturated rings. The highest BCUT2D eigenvalue weighted by Gasteiger charge is 2.14. The van der Waals surface area contributed by atoms with E-state index < -0.39 is 6.10 Å². The summed E-state index contributed by atoms with van der Waals surface area (Å²) in [6.07, 6.45) is -0.596. The van der Waals surface area contributed by atoms with Crippen LogP contribution < -0.4 is 4.90 Å². The Balaban J connectivity index is 2.36. The normalized spacial score (nSPS) is 11.8. The lowest BCUT2D eigenvalue weighted by Crippen LogP contribution is -2.19. The highest BCUT2D eigenvalue weighted by atomic mass is 35.5. The van der Waals surface area contributed by atoms with E-state index in [0.29, 0.717) is 17.1 Å². The van der Waals surface area contributed by atoms with Crippen LogP contribution in [-0.2, 0) is 6.54 Å². The molecule has 4 heteroatoms. The first-order valence-corrected chi connectivity index (χ1v) is 7.07. The Morgan fingerprint density at radius 3 is 2.62 bits per heavy atom. The van der Waals surface area contributed by atoms with Crippen molar-refractivity contribution in [3.05, 3.63) is 64.2 Å². The fourth-order valence-corrected chi connectivity index (χ4v) is 2.46. The summed E-state index contributed by atoms with van der Waals surface area (Å²) in [5.41, 5.74) is 3.20. The Bertz CT molecular complexity index is 677. The zero-order valence-corrected chi connectivity index (χ0v) is 12.8. The first kappa shape index (κ1) is 15.4. The maximum absolute atomic E-state index is 9.90. The first-order valence-electron chi connectivity index (χ1n) is 6.69. The van der Waals surface area contributed by atoms with Crippen molar-refractivity contribution in [3.63, 3.8) is 0 Å². The van der Waals surface area contributed by atoms with E-state index in [2.05, 4.69) is 6.07 Å². The Morgan fingerprint density at radius 1 is 1.29 bits per heavy atom. The molecule has 0 amide bonds. The number of rotatable bonds is 4. The fraction of sp³-hybridized carbons (Fsp3) is 0.235. The van der Waals surface area contributed by atoms with Gasteiger partial charge in [-0.3, -0.25) is 0 Å². The van der Waals surface area contributed by atoms with Crippen LogP contribution in [0, 0.1) is 11.3 Å². The Kier molecular flexibility index (Phi) is 4.85. The third-order valence-electron chi connectivity index (χ3n) is 3.39. The standard InChI is InChI=1S/C17H17ClN2O/c1-12(21)15-8-7-13(10-19)9-17(15)20(2)11-14-5-3-4-6-16(14)18/h3-9,12,21H,11H2,1-2H3. The van der Waals surface area contributed by atoms with Crippen molar-refractivity contribution in [3.8, 4) is 6.07 Å². The van der Waals surface area contributed by atoms with Gasteiger partial charge in [-0.1, -0.05) is 35.9 Å². The van der Waals surface area contributed by atoms with E-state index in [4.69, 9.17) is 16.9 Å². The second kappa shape index (κ2) is 6.62. The van der Waals surface area contributed by atoms with E-state index in [1.54, 1.807) is 25.1 Å². The fourth-order valence-electron chi connectivity index (χ4n) is 2.26. The minimum Gasteiger partial charge on any atom is -0.389 e. The molecule has 0 saturated carbocycles. The maximum Gasteiger partial charge on any atom is 0.0992 e. The predicted octanol–water partition coefficient (Wildman–Crippen LogP) is 3.90. The smallest absolute Gasteiger partial charge is 0.0992 e. The van der Waals surface area contributed by atoms with Gasteiger partial charge in [-0.05, 0) is 30.7 Å². The van der Waals surface area contributed by atoms with E-state index in [-0.39, 0.29) is 0 Å². The molecule has 3 nitrogen and oxygen atoms in total. The first-order chi connectivity index (χ1) is 10.0. The van der Waals surface area contributed by atoms with Gasteiger partial charge in [-0.2, -0.15) is 5.26 Å². The van der Waals surface area contributed by atoms with E-state index in [9.17, 15) is 5.11 Å². The number of halogens is 1. The molecule has 21 heavy (non-hydrogen) atoms. The molecule has 0 spiro atoms. The van der Waals surface area contributed by atoms with Gasteiger partial charge in [0.05, 0.1) is 17.7 Å². The molecular weight excluding hydrogens is 284 g/mol. The second-order valence-electron chi connectivity index (χ2n) is 5.01. The van der Waals surface area contributed by atoms with Gasteiger partial charge in [-0.15, -0.1) is 0 Å². The van der Waals surface area contributed by atoms with Crippen LogP contribution in [0.3, 0.4) is 0 Å². The lowest BCUT2D eigenvalue weighted by Gasteiger charge is -2.24. The zero-order chi connectivity index (χ0) is 15.4. The summed E-state index contributed by atoms with van der Waals surface area (Å²) >= 11 is 6.19. The highest BCUT2D eigenvalue weighted by Crippen LogP contribution is 2.29. The second-order valence-corrected chi connectivity index (χ2v) is 5.42. The minimum atomic E-state index is -0.596. The lowest BCUT2D eigenvalue weighted by atomic mass is 10.0. The van der Waals surface area contributed by atoms with Crippen molar-refractivity contribution >= 4 is 17.3 Å². The number of nitrogens with zero attached hydrogens (tertiary/aromatic N) is 2. The maximum atomic E-state index is 9.90. The van der Waals surface area contributed by atoms with Crippen molar-refractivity contribution in [1.29, 1.82) is 5.26 Å². The molecule has 0 radical (unpaired) electrons. The van der Waals surface area contributed by atoms with Gasteiger partial charge in [0.15, 0.2) is 0 Å². The van der Waals surface area contributed by atoms with Gasteiger partial charge in [0.1, 0.15) is 0 Å². The molecule has 0 aliphatic heterocycles. The summed E-state index contributed by atoms with van der Waals surface area (Å²) in [5, 5.41) is 19.7. The summed E-state index contributed by atoms with van der Waals surface area (Å²) in [6, 6.07) is 15.1. The van der Waals surface area contributed by atoms with E-state index >= 15 is 0 Å². The number of hydrogen-bond donors (Lipinski definition) is 1. The molecule has 0 heterocycles. The average molecular weight is 301 g/mol. The van der Waals surface area contributed by atoms with Gasteiger partial charge in [0.25, 0.3) is 0 Å². The van der Waals surface area contributed by atoms with Gasteiger partial charge < -0.3 is 10.0 Å². The van der Waals surface area contributed by atoms with Crippen LogP contribution in [0.5, 0.6) is 0 Å². The summed E-state index contributed by atoms with van der Waals surface area (Å²) in [4.78, 5) is 1.99. The van der Waals surface area contributed by atoms with E-state index in [1.807, 2.05) is 36.2 Å². The number of benzene rings is 2. The molecule has 0 aromatic heterocycles. The molecule has 0 saturated heterocycles. The molecule has 108 valence electrons. The third-order valence-corrected chi connectivity index (χ3v) is 3.75. The highest BCUT2D eigenvalue weighted by molar-refractivity contribution is 6.31. The Morgan fingerprint density at radius 2 is 2.00 bits per heavy atom. The predicted molar refractivity (Wildman–Crippen MR) is 85.3 cm³/mol. The van der Waals surface area contributed by atoms with Crippen molar-refractivity contribution < 1.29 is 5.11 Å². The van der Waals surface area contributed by atoms with Gasteiger partial charge in [0, 0.05) is 29.9 Å². The quantitative estimate of drug-likeness (QED) is 0.931. The number of anilines is 1. The van der Waals surface area contributed by atoms with E-state index in [1.165, 1.54) is 0 Å². The van der Waals surface area contributed by atoms with Crippen LogP contribution in [0.15, 0.2) is 42.5 Å². The Hall–Kier alpha value is -2.02. The average Bonchev–Trinajstić information content (AvgIpc) is 2.48. The Labute approximate surface area is 130 Å². The minimum absolute atomic E-state index is 0.570. The zero-order valence-electron chi connectivity index (χ0n) is 12.0. The van der Waals surface area contributed by atoms with E-state index in [0.717, 1.165) is 16.8 Å². The summed E-state index contributed by atoms with van der Waals surface area (Å²) < 4.78 is 0. The monoisotopic (exact) mass is 300 g/mol. The van der Waals surface area contributed by atoms with Crippen LogP contribution in [0.25, 0.3) is 0 Å². The molecule has 0 bridgehead atoms. The summed E-state index contributed by atoms with van der Waals surface area (Å²) in [7, 11) is 1.92. The number of nitriles is 1. The topological polar surface area (TPSA) is 47.3 Å². The number of aliphatic hydroxyl groups is 1. The van der Waals surface area contributed by atoms with Crippen LogP contribution in [0.1, 0.15) is 29.7 Å². The SMILES string of the molecule is CC(O)c1ccc(C#N)cc1N(C)Cc1ccccc1Cl. The van der Waals surface area contributed by atoms with Gasteiger partial charge in [0.2, 0.25) is 0 Å². The largest absolute Gasteiger partial charge is 0.389 e. The molecule has 0 aliphatic carbocycles. The van der Waals surface area contributed by atoms with Gasteiger partial charge >= 0.3 is 0 Å². The number of aliphatic hydroxyl groups excluding tert-OH is 1. The molecule has 1 N–H and O–H groups in total. The molecule has 1 unspecified atom stereocenters.